The van der Waals surface area contributed by atoms with Gasteiger partial charge in [-0.1, -0.05) is 20.8 Å². The van der Waals surface area contributed by atoms with Crippen molar-refractivity contribution in [2.45, 2.75) is 58.9 Å². The van der Waals surface area contributed by atoms with E-state index >= 15 is 0 Å². The molecule has 0 aromatic carbocycles. The molecule has 1 fully saturated rings. The van der Waals surface area contributed by atoms with Gasteiger partial charge in [0, 0.05) is 14.0 Å². The van der Waals surface area contributed by atoms with Crippen LogP contribution in [0.15, 0.2) is 0 Å². The van der Waals surface area contributed by atoms with E-state index in [9.17, 15) is 0 Å². The molecule has 104 valence electrons. The van der Waals surface area contributed by atoms with E-state index < -0.39 is 0 Å². The molecule has 0 radical (unpaired) electrons. The van der Waals surface area contributed by atoms with Crippen LogP contribution in [0.1, 0.15) is 54.3 Å². The molecule has 1 aliphatic carbocycles. The maximum absolute atomic E-state index is 3.45. The van der Waals surface area contributed by atoms with E-state index in [2.05, 4.69) is 38.0 Å². The lowest BCUT2D eigenvalue weighted by molar-refractivity contribution is 0.149. The van der Waals surface area contributed by atoms with Gasteiger partial charge in [0.2, 0.25) is 0 Å². The van der Waals surface area contributed by atoms with Gasteiger partial charge in [-0.15, -0.1) is 0 Å². The number of hydrogen-bond donors (Lipinski definition) is 1. The summed E-state index contributed by atoms with van der Waals surface area (Å²) in [5.41, 5.74) is 0. The molecule has 1 aliphatic rings. The third-order valence-electron chi connectivity index (χ3n) is 4.07. The van der Waals surface area contributed by atoms with E-state index in [4.69, 9.17) is 0 Å². The first kappa shape index (κ1) is 15.0. The van der Waals surface area contributed by atoms with E-state index in [0.717, 1.165) is 24.4 Å². The molecule has 17 heavy (non-hydrogen) atoms. The van der Waals surface area contributed by atoms with Crippen molar-refractivity contribution < 1.29 is 1.43 Å². The number of nitrogens with zero attached hydrogens (tertiary/aromatic N) is 1. The molecule has 0 atom stereocenters. The normalized spacial score (nSPS) is 25.8. The van der Waals surface area contributed by atoms with Gasteiger partial charge in [-0.25, -0.2) is 0 Å². The zero-order chi connectivity index (χ0) is 12.7. The van der Waals surface area contributed by atoms with Crippen molar-refractivity contribution in [3.05, 3.63) is 0 Å². The predicted molar refractivity (Wildman–Crippen MR) is 78.5 cm³/mol. The molecule has 0 aromatic heterocycles. The zero-order valence-corrected chi connectivity index (χ0v) is 12.3. The summed E-state index contributed by atoms with van der Waals surface area (Å²) in [5.74, 6) is 1.78. The molecule has 2 heteroatoms. The zero-order valence-electron chi connectivity index (χ0n) is 12.3. The third kappa shape index (κ3) is 5.87. The fourth-order valence-corrected chi connectivity index (χ4v) is 3.08. The van der Waals surface area contributed by atoms with Crippen LogP contribution < -0.4 is 5.32 Å². The number of nitrogens with one attached hydrogen (secondary N) is 1. The summed E-state index contributed by atoms with van der Waals surface area (Å²) in [6.45, 7) is 10.4. The molecule has 0 spiro atoms. The monoisotopic (exact) mass is 242 g/mol. The van der Waals surface area contributed by atoms with Crippen LogP contribution in [0.3, 0.4) is 0 Å². The van der Waals surface area contributed by atoms with Gasteiger partial charge in [0.15, 0.2) is 0 Å². The first-order chi connectivity index (χ1) is 8.13. The second-order valence-corrected chi connectivity index (χ2v) is 6.15. The summed E-state index contributed by atoms with van der Waals surface area (Å²) in [4.78, 5) is 2.59. The van der Waals surface area contributed by atoms with Crippen molar-refractivity contribution in [2.24, 2.45) is 11.8 Å². The summed E-state index contributed by atoms with van der Waals surface area (Å²) in [6, 6.07) is 0.854. The minimum Gasteiger partial charge on any atom is -0.317 e. The Morgan fingerprint density at radius 1 is 1.24 bits per heavy atom. The number of hydrogen-bond acceptors (Lipinski definition) is 2. The van der Waals surface area contributed by atoms with Crippen molar-refractivity contribution in [1.82, 2.24) is 10.2 Å². The predicted octanol–water partition coefficient (Wildman–Crippen LogP) is 3.38. The van der Waals surface area contributed by atoms with Gasteiger partial charge in [0.1, 0.15) is 0 Å². The van der Waals surface area contributed by atoms with Gasteiger partial charge < -0.3 is 10.2 Å². The Labute approximate surface area is 110 Å². The minimum absolute atomic E-state index is 0. The van der Waals surface area contributed by atoms with Gasteiger partial charge in [0.05, 0.1) is 0 Å². The molecule has 1 saturated carbocycles. The van der Waals surface area contributed by atoms with Gasteiger partial charge >= 0.3 is 0 Å². The number of rotatable bonds is 7. The van der Waals surface area contributed by atoms with Gasteiger partial charge in [-0.2, -0.15) is 0 Å². The van der Waals surface area contributed by atoms with Crippen molar-refractivity contribution in [3.8, 4) is 0 Å². The maximum atomic E-state index is 3.45. The molecule has 0 aliphatic heterocycles. The molecule has 1 N–H and O–H groups in total. The summed E-state index contributed by atoms with van der Waals surface area (Å²) in [6.07, 6.45) is 7.10. The Morgan fingerprint density at radius 2 is 1.88 bits per heavy atom. The maximum Gasteiger partial charge on any atom is 0.00925 e. The van der Waals surface area contributed by atoms with E-state index in [1.54, 1.807) is 0 Å². The van der Waals surface area contributed by atoms with E-state index in [-0.39, 0.29) is 1.43 Å². The fraction of sp³-hybridized carbons (Fsp3) is 1.00. The molecular weight excluding hydrogens is 208 g/mol. The summed E-state index contributed by atoms with van der Waals surface area (Å²) < 4.78 is 0. The molecule has 0 bridgehead atoms. The third-order valence-corrected chi connectivity index (χ3v) is 4.07. The highest BCUT2D eigenvalue weighted by Crippen LogP contribution is 2.29. The van der Waals surface area contributed by atoms with Gasteiger partial charge in [-0.3, -0.25) is 0 Å². The van der Waals surface area contributed by atoms with Gasteiger partial charge in [0.25, 0.3) is 0 Å². The Morgan fingerprint density at radius 3 is 2.41 bits per heavy atom. The Kier molecular flexibility index (Phi) is 7.14. The van der Waals surface area contributed by atoms with Crippen LogP contribution in [0.2, 0.25) is 0 Å². The van der Waals surface area contributed by atoms with E-state index in [1.807, 2.05) is 0 Å². The van der Waals surface area contributed by atoms with E-state index in [0.29, 0.717) is 0 Å². The van der Waals surface area contributed by atoms with E-state index in [1.165, 1.54) is 45.2 Å². The quantitative estimate of drug-likeness (QED) is 0.689. The smallest absolute Gasteiger partial charge is 0.00925 e. The second kappa shape index (κ2) is 8.10. The average molecular weight is 242 g/mol. The lowest BCUT2D eigenvalue weighted by atomic mass is 9.83. The van der Waals surface area contributed by atoms with Crippen LogP contribution in [-0.4, -0.2) is 37.6 Å². The highest BCUT2D eigenvalue weighted by atomic mass is 15.1. The molecule has 2 nitrogen and oxygen atoms in total. The van der Waals surface area contributed by atoms with Crippen LogP contribution in [0.5, 0.6) is 0 Å². The lowest BCUT2D eigenvalue weighted by Crippen LogP contribution is -2.37. The highest BCUT2D eigenvalue weighted by Gasteiger charge is 2.23. The van der Waals surface area contributed by atoms with Gasteiger partial charge in [-0.05, 0) is 64.1 Å². The Hall–Kier alpha value is -0.0800. The average Bonchev–Trinajstić information content (AvgIpc) is 2.29. The van der Waals surface area contributed by atoms with Crippen molar-refractivity contribution in [2.75, 3.05) is 26.7 Å². The van der Waals surface area contributed by atoms with Crippen LogP contribution in [0.4, 0.5) is 0 Å². The molecule has 0 saturated heterocycles. The largest absolute Gasteiger partial charge is 0.317 e. The Balaban J connectivity index is 0.00000289. The van der Waals surface area contributed by atoms with Crippen LogP contribution in [0, 0.1) is 11.8 Å². The molecule has 1 rings (SSSR count). The standard InChI is InChI=1S/C15H32N2.H2/c1-5-16-11-10-14-6-8-15(9-7-14)17(4)12-13(2)3;/h13-16H,5-12H2,1-4H3;1H. The topological polar surface area (TPSA) is 15.3 Å². The Bertz CT molecular complexity index is 189. The molecule has 0 aromatic rings. The molecule has 0 unspecified atom stereocenters. The van der Waals surface area contributed by atoms with Crippen LogP contribution in [0.25, 0.3) is 0 Å². The minimum atomic E-state index is 0. The van der Waals surface area contributed by atoms with Crippen LogP contribution in [-0.2, 0) is 0 Å². The molecule has 0 heterocycles. The van der Waals surface area contributed by atoms with Crippen molar-refractivity contribution in [1.29, 1.82) is 0 Å². The van der Waals surface area contributed by atoms with Crippen molar-refractivity contribution in [3.63, 3.8) is 0 Å². The summed E-state index contributed by atoms with van der Waals surface area (Å²) >= 11 is 0. The molecule has 0 amide bonds. The lowest BCUT2D eigenvalue weighted by Gasteiger charge is -2.35. The van der Waals surface area contributed by atoms with Crippen LogP contribution >= 0.6 is 0 Å². The molecular formula is C15H34N2. The highest BCUT2D eigenvalue weighted by molar-refractivity contribution is 4.79. The first-order valence-corrected chi connectivity index (χ1v) is 7.54. The first-order valence-electron chi connectivity index (χ1n) is 7.54. The fourth-order valence-electron chi connectivity index (χ4n) is 3.08. The summed E-state index contributed by atoms with van der Waals surface area (Å²) in [5, 5.41) is 3.45. The summed E-state index contributed by atoms with van der Waals surface area (Å²) in [7, 11) is 2.31. The SMILES string of the molecule is CCNCCC1CCC(N(C)CC(C)C)CC1.[HH]. The second-order valence-electron chi connectivity index (χ2n) is 6.15. The van der Waals surface area contributed by atoms with Crippen molar-refractivity contribution >= 4 is 0 Å².